The van der Waals surface area contributed by atoms with E-state index in [1.165, 1.54) is 5.56 Å². The van der Waals surface area contributed by atoms with Crippen LogP contribution in [-0.2, 0) is 0 Å². The van der Waals surface area contributed by atoms with Crippen LogP contribution in [0.25, 0.3) is 0 Å². The van der Waals surface area contributed by atoms with Gasteiger partial charge in [-0.25, -0.2) is 0 Å². The SMILES string of the molecule is CC(C)(C)C1N=Cc2cccnc21. The third-order valence-electron chi connectivity index (χ3n) is 2.31. The maximum Gasteiger partial charge on any atom is 0.0974 e. The van der Waals surface area contributed by atoms with Gasteiger partial charge in [0.05, 0.1) is 11.7 Å². The number of pyridine rings is 1. The van der Waals surface area contributed by atoms with Gasteiger partial charge in [0.2, 0.25) is 0 Å². The van der Waals surface area contributed by atoms with Gasteiger partial charge in [-0.05, 0) is 11.5 Å². The molecule has 0 saturated carbocycles. The number of nitrogens with zero attached hydrogens (tertiary/aromatic N) is 2. The Balaban J connectivity index is 2.45. The number of fused-ring (bicyclic) bond motifs is 1. The summed E-state index contributed by atoms with van der Waals surface area (Å²) in [5, 5.41) is 0. The van der Waals surface area contributed by atoms with Crippen molar-refractivity contribution in [3.8, 4) is 0 Å². The molecule has 0 bridgehead atoms. The van der Waals surface area contributed by atoms with Crippen molar-refractivity contribution in [1.29, 1.82) is 0 Å². The quantitative estimate of drug-likeness (QED) is 0.593. The van der Waals surface area contributed by atoms with Crippen LogP contribution in [0.2, 0.25) is 0 Å². The average Bonchev–Trinajstić information content (AvgIpc) is 2.45. The molecule has 1 aliphatic heterocycles. The third-order valence-corrected chi connectivity index (χ3v) is 2.31. The van der Waals surface area contributed by atoms with E-state index in [1.54, 1.807) is 0 Å². The fourth-order valence-corrected chi connectivity index (χ4v) is 1.63. The Hall–Kier alpha value is -1.18. The van der Waals surface area contributed by atoms with Gasteiger partial charge in [0.25, 0.3) is 0 Å². The summed E-state index contributed by atoms with van der Waals surface area (Å²) in [6.07, 6.45) is 3.77. The molecule has 0 spiro atoms. The summed E-state index contributed by atoms with van der Waals surface area (Å²) in [6.45, 7) is 6.58. The Morgan fingerprint density at radius 1 is 1.31 bits per heavy atom. The van der Waals surface area contributed by atoms with Gasteiger partial charge in [-0.1, -0.05) is 26.8 Å². The summed E-state index contributed by atoms with van der Waals surface area (Å²) in [4.78, 5) is 8.87. The minimum atomic E-state index is 0.163. The normalized spacial score (nSPS) is 20.4. The highest BCUT2D eigenvalue weighted by molar-refractivity contribution is 5.84. The maximum atomic E-state index is 4.49. The minimum absolute atomic E-state index is 0.163. The van der Waals surface area contributed by atoms with E-state index in [0.29, 0.717) is 0 Å². The second kappa shape index (κ2) is 2.66. The van der Waals surface area contributed by atoms with Crippen molar-refractivity contribution < 1.29 is 0 Å². The van der Waals surface area contributed by atoms with Gasteiger partial charge in [0.1, 0.15) is 0 Å². The molecule has 1 unspecified atom stereocenters. The molecule has 2 rings (SSSR count). The van der Waals surface area contributed by atoms with Crippen LogP contribution in [0.4, 0.5) is 0 Å². The van der Waals surface area contributed by atoms with E-state index in [0.717, 1.165) is 5.69 Å². The fraction of sp³-hybridized carbons (Fsp3) is 0.455. The summed E-state index contributed by atoms with van der Waals surface area (Å²) in [5.41, 5.74) is 2.45. The zero-order valence-corrected chi connectivity index (χ0v) is 8.28. The Bertz CT molecular complexity index is 347. The summed E-state index contributed by atoms with van der Waals surface area (Å²) in [5.74, 6) is 0. The Kier molecular flexibility index (Phi) is 1.72. The van der Waals surface area contributed by atoms with Crippen molar-refractivity contribution in [1.82, 2.24) is 4.98 Å². The monoisotopic (exact) mass is 174 g/mol. The standard InChI is InChI=1S/C11H14N2/c1-11(2,3)10-9-8(7-13-10)5-4-6-12-9/h4-7,10H,1-3H3. The van der Waals surface area contributed by atoms with E-state index in [4.69, 9.17) is 0 Å². The Morgan fingerprint density at radius 2 is 2.08 bits per heavy atom. The lowest BCUT2D eigenvalue weighted by Crippen LogP contribution is -2.15. The summed E-state index contributed by atoms with van der Waals surface area (Å²) >= 11 is 0. The average molecular weight is 174 g/mol. The molecular formula is C11H14N2. The first-order chi connectivity index (χ1) is 6.09. The number of hydrogen-bond acceptors (Lipinski definition) is 2. The van der Waals surface area contributed by atoms with Gasteiger partial charge >= 0.3 is 0 Å². The van der Waals surface area contributed by atoms with E-state index in [1.807, 2.05) is 18.5 Å². The molecule has 2 heteroatoms. The molecule has 0 aliphatic carbocycles. The van der Waals surface area contributed by atoms with Crippen LogP contribution in [0.15, 0.2) is 23.3 Å². The van der Waals surface area contributed by atoms with Crippen LogP contribution < -0.4 is 0 Å². The first-order valence-electron chi connectivity index (χ1n) is 4.57. The zero-order chi connectivity index (χ0) is 9.47. The van der Waals surface area contributed by atoms with Gasteiger partial charge < -0.3 is 0 Å². The van der Waals surface area contributed by atoms with Crippen molar-refractivity contribution >= 4 is 6.21 Å². The topological polar surface area (TPSA) is 25.2 Å². The molecular weight excluding hydrogens is 160 g/mol. The predicted octanol–water partition coefficient (Wildman–Crippen LogP) is 2.60. The molecule has 68 valence electrons. The van der Waals surface area contributed by atoms with E-state index >= 15 is 0 Å². The molecule has 0 saturated heterocycles. The second-order valence-corrected chi connectivity index (χ2v) is 4.52. The smallest absolute Gasteiger partial charge is 0.0974 e. The molecule has 0 amide bonds. The second-order valence-electron chi connectivity index (χ2n) is 4.52. The summed E-state index contributed by atoms with van der Waals surface area (Å²) in [6, 6.07) is 4.25. The van der Waals surface area contributed by atoms with Crippen molar-refractivity contribution in [2.75, 3.05) is 0 Å². The molecule has 1 aromatic rings. The van der Waals surface area contributed by atoms with Crippen LogP contribution in [-0.4, -0.2) is 11.2 Å². The summed E-state index contributed by atoms with van der Waals surface area (Å²) in [7, 11) is 0. The molecule has 1 atom stereocenters. The van der Waals surface area contributed by atoms with Gasteiger partial charge in [-0.2, -0.15) is 0 Å². The molecule has 1 aliphatic rings. The van der Waals surface area contributed by atoms with Crippen LogP contribution in [0.5, 0.6) is 0 Å². The van der Waals surface area contributed by atoms with Crippen LogP contribution in [0, 0.1) is 5.41 Å². The van der Waals surface area contributed by atoms with Crippen LogP contribution in [0.1, 0.15) is 38.1 Å². The molecule has 0 N–H and O–H groups in total. The lowest BCUT2D eigenvalue weighted by atomic mass is 9.85. The highest BCUT2D eigenvalue weighted by Crippen LogP contribution is 2.38. The van der Waals surface area contributed by atoms with Crippen molar-refractivity contribution in [3.05, 3.63) is 29.6 Å². The van der Waals surface area contributed by atoms with Gasteiger partial charge in [0.15, 0.2) is 0 Å². The van der Waals surface area contributed by atoms with E-state index < -0.39 is 0 Å². The van der Waals surface area contributed by atoms with Crippen molar-refractivity contribution in [2.45, 2.75) is 26.8 Å². The van der Waals surface area contributed by atoms with E-state index in [2.05, 4.69) is 36.8 Å². The van der Waals surface area contributed by atoms with E-state index in [-0.39, 0.29) is 11.5 Å². The van der Waals surface area contributed by atoms with Crippen LogP contribution >= 0.6 is 0 Å². The largest absolute Gasteiger partial charge is 0.282 e. The zero-order valence-electron chi connectivity index (χ0n) is 8.28. The molecule has 2 nitrogen and oxygen atoms in total. The van der Waals surface area contributed by atoms with E-state index in [9.17, 15) is 0 Å². The fourth-order valence-electron chi connectivity index (χ4n) is 1.63. The molecule has 0 fully saturated rings. The number of aliphatic imine (C=N–C) groups is 1. The Labute approximate surface area is 78.7 Å². The molecule has 13 heavy (non-hydrogen) atoms. The van der Waals surface area contributed by atoms with Gasteiger partial charge in [0, 0.05) is 18.0 Å². The molecule has 0 radical (unpaired) electrons. The minimum Gasteiger partial charge on any atom is -0.282 e. The lowest BCUT2D eigenvalue weighted by Gasteiger charge is -2.24. The van der Waals surface area contributed by atoms with Crippen molar-refractivity contribution in [3.63, 3.8) is 0 Å². The maximum absolute atomic E-state index is 4.49. The summed E-state index contributed by atoms with van der Waals surface area (Å²) < 4.78 is 0. The van der Waals surface area contributed by atoms with Crippen LogP contribution in [0.3, 0.4) is 0 Å². The molecule has 0 aromatic carbocycles. The number of aromatic nitrogens is 1. The highest BCUT2D eigenvalue weighted by atomic mass is 14.9. The van der Waals surface area contributed by atoms with Gasteiger partial charge in [-0.15, -0.1) is 0 Å². The number of rotatable bonds is 0. The first kappa shape index (κ1) is 8.42. The first-order valence-corrected chi connectivity index (χ1v) is 4.57. The molecule has 1 aromatic heterocycles. The highest BCUT2D eigenvalue weighted by Gasteiger charge is 2.30. The molecule has 2 heterocycles. The van der Waals surface area contributed by atoms with Gasteiger partial charge in [-0.3, -0.25) is 9.98 Å². The third kappa shape index (κ3) is 1.37. The number of hydrogen-bond donors (Lipinski definition) is 0. The Morgan fingerprint density at radius 3 is 2.77 bits per heavy atom. The van der Waals surface area contributed by atoms with Crippen molar-refractivity contribution in [2.24, 2.45) is 10.4 Å². The predicted molar refractivity (Wildman–Crippen MR) is 54.0 cm³/mol. The lowest BCUT2D eigenvalue weighted by molar-refractivity contribution is 0.328.